The largest absolute Gasteiger partial charge is 0.367 e. The molecule has 0 spiro atoms. The molecule has 1 saturated heterocycles. The number of benzene rings is 3. The first-order valence-electron chi connectivity index (χ1n) is 10.6. The summed E-state index contributed by atoms with van der Waals surface area (Å²) in [5.41, 5.74) is 3.65. The maximum Gasteiger partial charge on any atom is 0.178 e. The van der Waals surface area contributed by atoms with Crippen molar-refractivity contribution in [1.82, 2.24) is 4.98 Å². The molecule has 0 radical (unpaired) electrons. The minimum atomic E-state index is -0.657. The van der Waals surface area contributed by atoms with E-state index in [9.17, 15) is 4.79 Å². The van der Waals surface area contributed by atoms with E-state index in [0.717, 1.165) is 40.2 Å². The number of Topliss-reactive ketones (excluding diaryl/α,β-unsaturated/α-hetero) is 1. The molecule has 3 heterocycles. The van der Waals surface area contributed by atoms with E-state index in [1.165, 1.54) is 11.3 Å². The van der Waals surface area contributed by atoms with Gasteiger partial charge in [0.05, 0.1) is 10.2 Å². The molecule has 2 aliphatic rings. The molecule has 4 aromatic rings. The number of ketones is 1. The van der Waals surface area contributed by atoms with Crippen molar-refractivity contribution >= 4 is 33.0 Å². The van der Waals surface area contributed by atoms with E-state index >= 15 is 0 Å². The van der Waals surface area contributed by atoms with Crippen molar-refractivity contribution in [3.05, 3.63) is 95.0 Å². The Morgan fingerprint density at radius 3 is 2.60 bits per heavy atom. The normalized spacial score (nSPS) is 22.7. The van der Waals surface area contributed by atoms with E-state index in [4.69, 9.17) is 4.98 Å². The van der Waals surface area contributed by atoms with Gasteiger partial charge in [0.1, 0.15) is 10.4 Å². The maximum atomic E-state index is 14.3. The van der Waals surface area contributed by atoms with Crippen LogP contribution in [0.2, 0.25) is 0 Å². The first-order valence-corrected chi connectivity index (χ1v) is 11.4. The summed E-state index contributed by atoms with van der Waals surface area (Å²) < 4.78 is 1.15. The fraction of sp³-hybridized carbons (Fsp3) is 0.231. The van der Waals surface area contributed by atoms with Crippen LogP contribution in [0.15, 0.2) is 78.9 Å². The van der Waals surface area contributed by atoms with Gasteiger partial charge in [0.15, 0.2) is 5.78 Å². The van der Waals surface area contributed by atoms with Crippen molar-refractivity contribution in [1.29, 1.82) is 0 Å². The lowest BCUT2D eigenvalue weighted by Gasteiger charge is -2.46. The van der Waals surface area contributed by atoms with Crippen molar-refractivity contribution in [3.63, 3.8) is 0 Å². The average Bonchev–Trinajstić information content (AvgIpc) is 3.46. The molecule has 3 aromatic carbocycles. The fourth-order valence-corrected chi connectivity index (χ4v) is 6.58. The van der Waals surface area contributed by atoms with E-state index in [2.05, 4.69) is 41.3 Å². The van der Waals surface area contributed by atoms with Gasteiger partial charge < -0.3 is 4.90 Å². The average molecular weight is 411 g/mol. The van der Waals surface area contributed by atoms with Crippen molar-refractivity contribution in [3.8, 4) is 0 Å². The molecule has 148 valence electrons. The Balaban J connectivity index is 1.63. The second-order valence-corrected chi connectivity index (χ2v) is 9.34. The first kappa shape index (κ1) is 17.8. The summed E-state index contributed by atoms with van der Waals surface area (Å²) in [6.45, 7) is 0.996. The highest BCUT2D eigenvalue weighted by atomic mass is 32.1. The molecule has 4 heteroatoms. The topological polar surface area (TPSA) is 33.2 Å². The van der Waals surface area contributed by atoms with Crippen molar-refractivity contribution in [2.75, 3.05) is 11.4 Å². The zero-order valence-electron chi connectivity index (χ0n) is 16.6. The summed E-state index contributed by atoms with van der Waals surface area (Å²) in [7, 11) is 0. The van der Waals surface area contributed by atoms with E-state index in [0.29, 0.717) is 6.42 Å². The number of nitrogens with zero attached hydrogens (tertiary/aromatic N) is 2. The number of para-hydroxylation sites is 2. The van der Waals surface area contributed by atoms with Crippen LogP contribution < -0.4 is 4.90 Å². The third-order valence-electron chi connectivity index (χ3n) is 6.71. The lowest BCUT2D eigenvalue weighted by Crippen LogP contribution is -2.57. The maximum absolute atomic E-state index is 14.3. The van der Waals surface area contributed by atoms with Gasteiger partial charge in [-0.3, -0.25) is 4.79 Å². The SMILES string of the molecule is O=C(c1ccccc1)C1(c2nc3ccccc3s2)Cc2ccccc2N2CCCC21. The zero-order chi connectivity index (χ0) is 20.1. The van der Waals surface area contributed by atoms with E-state index < -0.39 is 5.41 Å². The lowest BCUT2D eigenvalue weighted by atomic mass is 9.67. The Morgan fingerprint density at radius 1 is 0.967 bits per heavy atom. The second-order valence-electron chi connectivity index (χ2n) is 8.31. The predicted octanol–water partition coefficient (Wildman–Crippen LogP) is 5.64. The summed E-state index contributed by atoms with van der Waals surface area (Å²) in [5, 5.41) is 0.962. The van der Waals surface area contributed by atoms with Crippen LogP contribution in [0.4, 0.5) is 5.69 Å². The van der Waals surface area contributed by atoms with Gasteiger partial charge in [-0.25, -0.2) is 4.98 Å². The van der Waals surface area contributed by atoms with Crippen LogP contribution in [0.5, 0.6) is 0 Å². The molecular weight excluding hydrogens is 388 g/mol. The molecular formula is C26H22N2OS. The Kier molecular flexibility index (Phi) is 4.03. The van der Waals surface area contributed by atoms with Gasteiger partial charge in [-0.2, -0.15) is 0 Å². The third kappa shape index (κ3) is 2.50. The molecule has 0 saturated carbocycles. The van der Waals surface area contributed by atoms with Gasteiger partial charge >= 0.3 is 0 Å². The molecule has 2 unspecified atom stereocenters. The van der Waals surface area contributed by atoms with Crippen LogP contribution in [-0.2, 0) is 11.8 Å². The standard InChI is InChI=1S/C26H22N2OS/c29-24(18-9-2-1-3-10-18)26(25-27-20-12-5-7-14-22(20)30-25)17-19-11-4-6-13-21(19)28-16-8-15-23(26)28/h1-7,9-14,23H,8,15-17H2. The highest BCUT2D eigenvalue weighted by Gasteiger charge is 2.56. The minimum absolute atomic E-state index is 0.140. The van der Waals surface area contributed by atoms with Gasteiger partial charge in [-0.1, -0.05) is 60.7 Å². The Hall–Kier alpha value is -2.98. The van der Waals surface area contributed by atoms with Gasteiger partial charge in [-0.15, -0.1) is 11.3 Å². The number of thiazole rings is 1. The van der Waals surface area contributed by atoms with Crippen LogP contribution in [0.3, 0.4) is 0 Å². The number of hydrogen-bond acceptors (Lipinski definition) is 4. The molecule has 1 fully saturated rings. The second kappa shape index (κ2) is 6.78. The van der Waals surface area contributed by atoms with Gasteiger partial charge in [-0.05, 0) is 43.0 Å². The lowest BCUT2D eigenvalue weighted by molar-refractivity contribution is 0.0849. The molecule has 0 N–H and O–H groups in total. The summed E-state index contributed by atoms with van der Waals surface area (Å²) in [5.74, 6) is 0.202. The molecule has 1 aromatic heterocycles. The summed E-state index contributed by atoms with van der Waals surface area (Å²) in [6.07, 6.45) is 2.83. The zero-order valence-corrected chi connectivity index (χ0v) is 17.4. The summed E-state index contributed by atoms with van der Waals surface area (Å²) in [6, 6.07) is 26.8. The molecule has 30 heavy (non-hydrogen) atoms. The van der Waals surface area contributed by atoms with Crippen LogP contribution >= 0.6 is 11.3 Å². The smallest absolute Gasteiger partial charge is 0.178 e. The Bertz CT molecular complexity index is 1220. The summed E-state index contributed by atoms with van der Waals surface area (Å²) >= 11 is 1.69. The van der Waals surface area contributed by atoms with Crippen molar-refractivity contribution in [2.45, 2.75) is 30.7 Å². The van der Waals surface area contributed by atoms with Gasteiger partial charge in [0.2, 0.25) is 0 Å². The predicted molar refractivity (Wildman–Crippen MR) is 123 cm³/mol. The van der Waals surface area contributed by atoms with Gasteiger partial charge in [0, 0.05) is 23.8 Å². The molecule has 0 aliphatic carbocycles. The van der Waals surface area contributed by atoms with E-state index in [1.54, 1.807) is 11.3 Å². The van der Waals surface area contributed by atoms with Crippen LogP contribution in [0, 0.1) is 0 Å². The number of aromatic nitrogens is 1. The van der Waals surface area contributed by atoms with Crippen LogP contribution in [-0.4, -0.2) is 23.4 Å². The highest BCUT2D eigenvalue weighted by molar-refractivity contribution is 7.18. The number of anilines is 1. The summed E-state index contributed by atoms with van der Waals surface area (Å²) in [4.78, 5) is 21.8. The number of fused-ring (bicyclic) bond motifs is 4. The third-order valence-corrected chi connectivity index (χ3v) is 7.92. The van der Waals surface area contributed by atoms with Crippen LogP contribution in [0.1, 0.15) is 33.8 Å². The molecule has 0 amide bonds. The number of carbonyl (C=O) groups excluding carboxylic acids is 1. The molecule has 2 atom stereocenters. The Morgan fingerprint density at radius 2 is 1.73 bits per heavy atom. The monoisotopic (exact) mass is 410 g/mol. The number of hydrogen-bond donors (Lipinski definition) is 0. The Labute approximate surface area is 180 Å². The molecule has 3 nitrogen and oxygen atoms in total. The highest BCUT2D eigenvalue weighted by Crippen LogP contribution is 2.50. The molecule has 6 rings (SSSR count). The van der Waals surface area contributed by atoms with Crippen molar-refractivity contribution in [2.24, 2.45) is 0 Å². The molecule has 0 bridgehead atoms. The fourth-order valence-electron chi connectivity index (χ4n) is 5.38. The van der Waals surface area contributed by atoms with Crippen molar-refractivity contribution < 1.29 is 4.79 Å². The first-order chi connectivity index (χ1) is 14.8. The van der Waals surface area contributed by atoms with E-state index in [1.807, 2.05) is 42.5 Å². The van der Waals surface area contributed by atoms with E-state index in [-0.39, 0.29) is 11.8 Å². The molecule has 2 aliphatic heterocycles. The minimum Gasteiger partial charge on any atom is -0.367 e. The number of rotatable bonds is 3. The number of carbonyl (C=O) groups is 1. The van der Waals surface area contributed by atoms with Gasteiger partial charge in [0.25, 0.3) is 0 Å². The quantitative estimate of drug-likeness (QED) is 0.410. The van der Waals surface area contributed by atoms with Crippen LogP contribution in [0.25, 0.3) is 10.2 Å².